The first-order valence-corrected chi connectivity index (χ1v) is 6.91. The Kier molecular flexibility index (Phi) is 7.06. The summed E-state index contributed by atoms with van der Waals surface area (Å²) >= 11 is 12.0. The topological polar surface area (TPSA) is 50.4 Å². The maximum atomic E-state index is 12.0. The van der Waals surface area contributed by atoms with Crippen LogP contribution >= 0.6 is 35.6 Å². The summed E-state index contributed by atoms with van der Waals surface area (Å²) in [5.41, 5.74) is 0.836. The van der Waals surface area contributed by atoms with Crippen molar-refractivity contribution in [2.24, 2.45) is 0 Å². The molecule has 1 aliphatic heterocycles. The Hall–Kier alpha value is -0.520. The van der Waals surface area contributed by atoms with Crippen molar-refractivity contribution in [3.05, 3.63) is 33.8 Å². The van der Waals surface area contributed by atoms with Gasteiger partial charge in [-0.25, -0.2) is 0 Å². The van der Waals surface area contributed by atoms with Crippen LogP contribution in [0.1, 0.15) is 18.5 Å². The van der Waals surface area contributed by atoms with Crippen LogP contribution in [-0.4, -0.2) is 31.7 Å². The molecule has 4 nitrogen and oxygen atoms in total. The number of hydrogen-bond acceptors (Lipinski definition) is 3. The van der Waals surface area contributed by atoms with Gasteiger partial charge in [0.1, 0.15) is 6.10 Å². The molecule has 2 rings (SSSR count). The van der Waals surface area contributed by atoms with E-state index in [2.05, 4.69) is 10.6 Å². The van der Waals surface area contributed by atoms with E-state index in [9.17, 15) is 4.79 Å². The summed E-state index contributed by atoms with van der Waals surface area (Å²) in [6.07, 6.45) is -0.442. The predicted molar refractivity (Wildman–Crippen MR) is 82.9 cm³/mol. The highest BCUT2D eigenvalue weighted by molar-refractivity contribution is 6.35. The molecule has 2 unspecified atom stereocenters. The second-order valence-electron chi connectivity index (χ2n) is 4.46. The molecule has 1 saturated heterocycles. The molecule has 1 heterocycles. The van der Waals surface area contributed by atoms with Gasteiger partial charge in [-0.1, -0.05) is 29.3 Å². The highest BCUT2D eigenvalue weighted by Gasteiger charge is 2.23. The van der Waals surface area contributed by atoms with Crippen molar-refractivity contribution in [1.29, 1.82) is 0 Å². The third-order valence-corrected chi connectivity index (χ3v) is 3.57. The van der Waals surface area contributed by atoms with Gasteiger partial charge in [-0.05, 0) is 24.6 Å². The van der Waals surface area contributed by atoms with Crippen LogP contribution in [0, 0.1) is 0 Å². The lowest BCUT2D eigenvalue weighted by molar-refractivity contribution is -0.134. The molecule has 1 fully saturated rings. The number of benzene rings is 1. The van der Waals surface area contributed by atoms with Crippen molar-refractivity contribution in [3.8, 4) is 0 Å². The number of nitrogens with one attached hydrogen (secondary N) is 2. The van der Waals surface area contributed by atoms with Crippen LogP contribution in [0.25, 0.3) is 0 Å². The molecule has 2 N–H and O–H groups in total. The average Bonchev–Trinajstić information content (AvgIpc) is 2.39. The van der Waals surface area contributed by atoms with Crippen molar-refractivity contribution >= 4 is 41.5 Å². The van der Waals surface area contributed by atoms with Crippen molar-refractivity contribution in [1.82, 2.24) is 10.6 Å². The first-order valence-electron chi connectivity index (χ1n) is 6.15. The minimum atomic E-state index is -0.442. The van der Waals surface area contributed by atoms with Crippen LogP contribution in [0.4, 0.5) is 0 Å². The maximum absolute atomic E-state index is 12.0. The Morgan fingerprint density at radius 2 is 2.25 bits per heavy atom. The lowest BCUT2D eigenvalue weighted by atomic mass is 10.1. The molecule has 2 atom stereocenters. The normalized spacial score (nSPS) is 19.9. The molecular formula is C13H17Cl3N2O2. The number of hydrogen-bond donors (Lipinski definition) is 2. The number of ether oxygens (including phenoxy) is 1. The summed E-state index contributed by atoms with van der Waals surface area (Å²) in [6.45, 7) is 3.74. The largest absolute Gasteiger partial charge is 0.366 e. The van der Waals surface area contributed by atoms with Crippen LogP contribution in [0.5, 0.6) is 0 Å². The fraction of sp³-hybridized carbons (Fsp3) is 0.462. The van der Waals surface area contributed by atoms with E-state index in [1.807, 2.05) is 13.0 Å². The molecule has 0 aliphatic carbocycles. The quantitative estimate of drug-likeness (QED) is 0.890. The van der Waals surface area contributed by atoms with Crippen molar-refractivity contribution in [2.45, 2.75) is 19.1 Å². The van der Waals surface area contributed by atoms with E-state index in [1.54, 1.807) is 12.1 Å². The molecule has 0 aromatic heterocycles. The standard InChI is InChI=1S/C13H16Cl2N2O2.ClH/c1-8(10-3-2-9(14)6-11(10)15)17-13(18)12-7-16-4-5-19-12;/h2-3,6,8,12,16H,4-5,7H2,1H3,(H,17,18);1H. The fourth-order valence-corrected chi connectivity index (χ4v) is 2.54. The van der Waals surface area contributed by atoms with Gasteiger partial charge in [-0.3, -0.25) is 4.79 Å². The smallest absolute Gasteiger partial charge is 0.250 e. The van der Waals surface area contributed by atoms with Gasteiger partial charge >= 0.3 is 0 Å². The molecule has 0 bridgehead atoms. The molecule has 7 heteroatoms. The second-order valence-corrected chi connectivity index (χ2v) is 5.30. The van der Waals surface area contributed by atoms with E-state index in [0.717, 1.165) is 12.1 Å². The Labute approximate surface area is 134 Å². The van der Waals surface area contributed by atoms with Gasteiger partial charge in [0.05, 0.1) is 12.6 Å². The Balaban J connectivity index is 0.00000200. The molecule has 0 spiro atoms. The van der Waals surface area contributed by atoms with Gasteiger partial charge in [-0.2, -0.15) is 0 Å². The summed E-state index contributed by atoms with van der Waals surface area (Å²) in [5, 5.41) is 7.13. The molecule has 112 valence electrons. The van der Waals surface area contributed by atoms with E-state index < -0.39 is 6.10 Å². The monoisotopic (exact) mass is 338 g/mol. The van der Waals surface area contributed by atoms with E-state index in [0.29, 0.717) is 23.2 Å². The third kappa shape index (κ3) is 4.50. The molecule has 1 aliphatic rings. The average molecular weight is 340 g/mol. The number of halogens is 3. The van der Waals surface area contributed by atoms with E-state index in [-0.39, 0.29) is 24.4 Å². The van der Waals surface area contributed by atoms with E-state index in [4.69, 9.17) is 27.9 Å². The first kappa shape index (κ1) is 17.5. The maximum Gasteiger partial charge on any atom is 0.250 e. The number of amides is 1. The molecule has 0 radical (unpaired) electrons. The molecule has 1 amide bonds. The summed E-state index contributed by atoms with van der Waals surface area (Å²) in [4.78, 5) is 12.0. The Morgan fingerprint density at radius 1 is 1.50 bits per heavy atom. The number of carbonyl (C=O) groups is 1. The Morgan fingerprint density at radius 3 is 2.85 bits per heavy atom. The zero-order chi connectivity index (χ0) is 13.8. The van der Waals surface area contributed by atoms with Crippen LogP contribution in [0.2, 0.25) is 10.0 Å². The summed E-state index contributed by atoms with van der Waals surface area (Å²) < 4.78 is 5.40. The van der Waals surface area contributed by atoms with Crippen LogP contribution in [0.15, 0.2) is 18.2 Å². The molecule has 0 saturated carbocycles. The van der Waals surface area contributed by atoms with Gasteiger partial charge in [-0.15, -0.1) is 12.4 Å². The molecule has 20 heavy (non-hydrogen) atoms. The van der Waals surface area contributed by atoms with Crippen LogP contribution < -0.4 is 10.6 Å². The summed E-state index contributed by atoms with van der Waals surface area (Å²) in [6, 6.07) is 5.04. The fourth-order valence-electron chi connectivity index (χ4n) is 1.97. The highest BCUT2D eigenvalue weighted by atomic mass is 35.5. The van der Waals surface area contributed by atoms with Gasteiger partial charge in [0, 0.05) is 23.1 Å². The Bertz CT molecular complexity index is 465. The number of rotatable bonds is 3. The van der Waals surface area contributed by atoms with E-state index >= 15 is 0 Å². The highest BCUT2D eigenvalue weighted by Crippen LogP contribution is 2.26. The van der Waals surface area contributed by atoms with Crippen molar-refractivity contribution < 1.29 is 9.53 Å². The third-order valence-electron chi connectivity index (χ3n) is 3.01. The molecular weight excluding hydrogens is 323 g/mol. The summed E-state index contributed by atoms with van der Waals surface area (Å²) in [5.74, 6) is -0.134. The molecule has 1 aromatic carbocycles. The lowest BCUT2D eigenvalue weighted by Crippen LogP contribution is -2.48. The van der Waals surface area contributed by atoms with Crippen LogP contribution in [0.3, 0.4) is 0 Å². The van der Waals surface area contributed by atoms with Crippen molar-refractivity contribution in [3.63, 3.8) is 0 Å². The zero-order valence-electron chi connectivity index (χ0n) is 11.0. The van der Waals surface area contributed by atoms with Crippen molar-refractivity contribution in [2.75, 3.05) is 19.7 Å². The zero-order valence-corrected chi connectivity index (χ0v) is 13.3. The minimum absolute atomic E-state index is 0. The molecule has 1 aromatic rings. The van der Waals surface area contributed by atoms with Gasteiger partial charge in [0.15, 0.2) is 0 Å². The van der Waals surface area contributed by atoms with Crippen LogP contribution in [-0.2, 0) is 9.53 Å². The predicted octanol–water partition coefficient (Wildman–Crippen LogP) is 2.58. The number of morpholine rings is 1. The van der Waals surface area contributed by atoms with Gasteiger partial charge in [0.25, 0.3) is 5.91 Å². The first-order chi connectivity index (χ1) is 9.08. The van der Waals surface area contributed by atoms with Gasteiger partial charge < -0.3 is 15.4 Å². The SMILES string of the molecule is CC(NC(=O)C1CNCCO1)c1ccc(Cl)cc1Cl.Cl. The second kappa shape index (κ2) is 8.05. The number of carbonyl (C=O) groups excluding carboxylic acids is 1. The minimum Gasteiger partial charge on any atom is -0.366 e. The van der Waals surface area contributed by atoms with Gasteiger partial charge in [0.2, 0.25) is 0 Å². The summed E-state index contributed by atoms with van der Waals surface area (Å²) in [7, 11) is 0. The van der Waals surface area contributed by atoms with E-state index in [1.165, 1.54) is 0 Å². The lowest BCUT2D eigenvalue weighted by Gasteiger charge is -2.25.